The topological polar surface area (TPSA) is 15.6 Å². The van der Waals surface area contributed by atoms with E-state index in [2.05, 4.69) is 50.8 Å². The molecule has 1 heterocycles. The highest BCUT2D eigenvalue weighted by atomic mass is 15.1. The number of hydrogen-bond donors (Lipinski definition) is 0. The van der Waals surface area contributed by atoms with Crippen molar-refractivity contribution in [2.45, 2.75) is 26.8 Å². The Hall–Kier alpha value is -0.630. The molecule has 1 rings (SSSR count). The third kappa shape index (κ3) is 3.45. The lowest BCUT2D eigenvalue weighted by Gasteiger charge is -2.31. The van der Waals surface area contributed by atoms with Crippen molar-refractivity contribution in [2.75, 3.05) is 20.6 Å². The lowest BCUT2D eigenvalue weighted by Crippen LogP contribution is -2.35. The van der Waals surface area contributed by atoms with Gasteiger partial charge in [0.15, 0.2) is 0 Å². The quantitative estimate of drug-likeness (QED) is 0.691. The highest BCUT2D eigenvalue weighted by molar-refractivity contribution is 5.73. The van der Waals surface area contributed by atoms with Crippen LogP contribution in [0.1, 0.15) is 20.8 Å². The Labute approximate surface area is 94.1 Å². The van der Waals surface area contributed by atoms with Crippen LogP contribution in [0.5, 0.6) is 0 Å². The molecular formula is C13H23N2. The summed E-state index contributed by atoms with van der Waals surface area (Å²) in [6.45, 7) is 7.86. The van der Waals surface area contributed by atoms with Crippen LogP contribution in [0.2, 0.25) is 0 Å². The van der Waals surface area contributed by atoms with Gasteiger partial charge < -0.3 is 4.90 Å². The van der Waals surface area contributed by atoms with Gasteiger partial charge in [0.2, 0.25) is 0 Å². The molecule has 0 aliphatic carbocycles. The van der Waals surface area contributed by atoms with E-state index < -0.39 is 0 Å². The summed E-state index contributed by atoms with van der Waals surface area (Å²) in [7, 11) is 4.26. The second-order valence-corrected chi connectivity index (χ2v) is 5.02. The predicted molar refractivity (Wildman–Crippen MR) is 67.2 cm³/mol. The first-order valence-corrected chi connectivity index (χ1v) is 5.70. The zero-order valence-corrected chi connectivity index (χ0v) is 10.6. The number of rotatable bonds is 4. The van der Waals surface area contributed by atoms with Gasteiger partial charge in [-0.3, -0.25) is 4.99 Å². The third-order valence-electron chi connectivity index (χ3n) is 3.00. The van der Waals surface area contributed by atoms with E-state index in [1.54, 1.807) is 0 Å². The highest BCUT2D eigenvalue weighted by Gasteiger charge is 2.26. The second kappa shape index (κ2) is 5.45. The normalized spacial score (nSPS) is 23.4. The Bertz CT molecular complexity index is 251. The Balaban J connectivity index is 2.74. The van der Waals surface area contributed by atoms with Gasteiger partial charge in [0, 0.05) is 25.1 Å². The molecule has 0 saturated carbocycles. The van der Waals surface area contributed by atoms with E-state index >= 15 is 0 Å². The minimum atomic E-state index is 0.373. The minimum Gasteiger partial charge on any atom is -0.309 e. The number of aliphatic imine (C=N–C) groups is 1. The molecule has 2 nitrogen and oxygen atoms in total. The molecule has 0 amide bonds. The monoisotopic (exact) mass is 207 g/mol. The number of dihydropyridines is 1. The molecule has 0 fully saturated rings. The molecule has 1 aliphatic rings. The van der Waals surface area contributed by atoms with Crippen LogP contribution in [0, 0.1) is 18.3 Å². The van der Waals surface area contributed by atoms with Crippen molar-refractivity contribution in [3.8, 4) is 0 Å². The Morgan fingerprint density at radius 2 is 2.07 bits per heavy atom. The zero-order chi connectivity index (χ0) is 11.4. The molecule has 15 heavy (non-hydrogen) atoms. The van der Waals surface area contributed by atoms with Gasteiger partial charge in [0.1, 0.15) is 0 Å². The van der Waals surface area contributed by atoms with Crippen molar-refractivity contribution < 1.29 is 0 Å². The molecule has 0 bridgehead atoms. The van der Waals surface area contributed by atoms with Gasteiger partial charge in [-0.1, -0.05) is 25.5 Å². The SMILES string of the molecule is CC1=C[CH]C=NC1C(CN(C)C)C(C)C. The summed E-state index contributed by atoms with van der Waals surface area (Å²) in [5.74, 6) is 1.28. The highest BCUT2D eigenvalue weighted by Crippen LogP contribution is 2.26. The fraction of sp³-hybridized carbons (Fsp3) is 0.692. The van der Waals surface area contributed by atoms with E-state index in [9.17, 15) is 0 Å². The second-order valence-electron chi connectivity index (χ2n) is 5.02. The third-order valence-corrected chi connectivity index (χ3v) is 3.00. The van der Waals surface area contributed by atoms with Crippen molar-refractivity contribution in [3.63, 3.8) is 0 Å². The molecule has 85 valence electrons. The molecule has 1 aliphatic heterocycles. The maximum Gasteiger partial charge on any atom is 0.0745 e. The summed E-state index contributed by atoms with van der Waals surface area (Å²) in [5, 5.41) is 0. The van der Waals surface area contributed by atoms with Gasteiger partial charge in [-0.25, -0.2) is 0 Å². The zero-order valence-electron chi connectivity index (χ0n) is 10.6. The molecule has 0 N–H and O–H groups in total. The minimum absolute atomic E-state index is 0.373. The van der Waals surface area contributed by atoms with Gasteiger partial charge in [-0.05, 0) is 26.9 Å². The smallest absolute Gasteiger partial charge is 0.0745 e. The standard InChI is InChI=1S/C13H23N2/c1-10(2)12(9-15(4)5)13-11(3)7-6-8-14-13/h6-8,10,12-13H,9H2,1-5H3. The van der Waals surface area contributed by atoms with Gasteiger partial charge in [0.05, 0.1) is 6.04 Å². The van der Waals surface area contributed by atoms with E-state index in [4.69, 9.17) is 0 Å². The first-order chi connectivity index (χ1) is 7.02. The summed E-state index contributed by atoms with van der Waals surface area (Å²) in [4.78, 5) is 6.87. The molecule has 2 heteroatoms. The van der Waals surface area contributed by atoms with Gasteiger partial charge >= 0.3 is 0 Å². The molecular weight excluding hydrogens is 184 g/mol. The summed E-state index contributed by atoms with van der Waals surface area (Å²) < 4.78 is 0. The van der Waals surface area contributed by atoms with Crippen molar-refractivity contribution >= 4 is 6.21 Å². The van der Waals surface area contributed by atoms with E-state index in [0.717, 1.165) is 6.54 Å². The van der Waals surface area contributed by atoms with Crippen LogP contribution in [-0.2, 0) is 0 Å². The molecule has 0 aromatic rings. The maximum atomic E-state index is 4.61. The summed E-state index contributed by atoms with van der Waals surface area (Å²) in [5.41, 5.74) is 1.39. The summed E-state index contributed by atoms with van der Waals surface area (Å²) in [6.07, 6.45) is 6.14. The van der Waals surface area contributed by atoms with Crippen LogP contribution < -0.4 is 0 Å². The van der Waals surface area contributed by atoms with Gasteiger partial charge in [0.25, 0.3) is 0 Å². The van der Waals surface area contributed by atoms with Crippen LogP contribution in [0.4, 0.5) is 0 Å². The average molecular weight is 207 g/mol. The molecule has 0 spiro atoms. The van der Waals surface area contributed by atoms with Crippen LogP contribution >= 0.6 is 0 Å². The van der Waals surface area contributed by atoms with E-state index in [-0.39, 0.29) is 0 Å². The molecule has 2 unspecified atom stereocenters. The fourth-order valence-electron chi connectivity index (χ4n) is 2.10. The summed E-state index contributed by atoms with van der Waals surface area (Å²) in [6, 6.07) is 0.373. The van der Waals surface area contributed by atoms with Crippen LogP contribution in [-0.4, -0.2) is 37.8 Å². The summed E-state index contributed by atoms with van der Waals surface area (Å²) >= 11 is 0. The van der Waals surface area contributed by atoms with Gasteiger partial charge in [-0.2, -0.15) is 0 Å². The molecule has 2 atom stereocenters. The molecule has 0 aromatic carbocycles. The van der Waals surface area contributed by atoms with E-state index in [1.165, 1.54) is 5.57 Å². The largest absolute Gasteiger partial charge is 0.309 e. The van der Waals surface area contributed by atoms with Crippen molar-refractivity contribution in [2.24, 2.45) is 16.8 Å². The first-order valence-electron chi connectivity index (χ1n) is 5.70. The maximum absolute atomic E-state index is 4.61. The fourth-order valence-corrected chi connectivity index (χ4v) is 2.10. The van der Waals surface area contributed by atoms with Crippen molar-refractivity contribution in [3.05, 3.63) is 18.1 Å². The van der Waals surface area contributed by atoms with Crippen LogP contribution in [0.15, 0.2) is 16.6 Å². The predicted octanol–water partition coefficient (Wildman–Crippen LogP) is 2.42. The Morgan fingerprint density at radius 1 is 1.40 bits per heavy atom. The number of nitrogens with zero attached hydrogens (tertiary/aromatic N) is 2. The van der Waals surface area contributed by atoms with E-state index in [0.29, 0.717) is 17.9 Å². The van der Waals surface area contributed by atoms with Crippen LogP contribution in [0.3, 0.4) is 0 Å². The van der Waals surface area contributed by atoms with E-state index in [1.807, 2.05) is 12.6 Å². The van der Waals surface area contributed by atoms with Crippen LogP contribution in [0.25, 0.3) is 0 Å². The first kappa shape index (κ1) is 12.4. The number of allylic oxidation sites excluding steroid dienone is 1. The lowest BCUT2D eigenvalue weighted by atomic mass is 9.83. The Morgan fingerprint density at radius 3 is 2.53 bits per heavy atom. The Kier molecular flexibility index (Phi) is 4.52. The van der Waals surface area contributed by atoms with Crippen molar-refractivity contribution in [1.82, 2.24) is 4.90 Å². The molecule has 1 radical (unpaired) electrons. The molecule has 0 saturated heterocycles. The lowest BCUT2D eigenvalue weighted by molar-refractivity contribution is 0.247. The average Bonchev–Trinajstić information content (AvgIpc) is 2.15. The number of hydrogen-bond acceptors (Lipinski definition) is 2. The van der Waals surface area contributed by atoms with Gasteiger partial charge in [-0.15, -0.1) is 0 Å². The van der Waals surface area contributed by atoms with Crippen molar-refractivity contribution in [1.29, 1.82) is 0 Å². The molecule has 0 aromatic heterocycles.